The lowest BCUT2D eigenvalue weighted by Gasteiger charge is -2.11. The van der Waals surface area contributed by atoms with Crippen molar-refractivity contribution in [3.8, 4) is 17.3 Å². The molecule has 0 bridgehead atoms. The summed E-state index contributed by atoms with van der Waals surface area (Å²) in [7, 11) is 3.22. The van der Waals surface area contributed by atoms with Crippen molar-refractivity contribution in [2.75, 3.05) is 20.8 Å². The Hall–Kier alpha value is -2.01. The molecule has 1 aromatic heterocycles. The Morgan fingerprint density at radius 1 is 1.21 bits per heavy atom. The summed E-state index contributed by atoms with van der Waals surface area (Å²) in [6, 6.07) is 7.61. The molecule has 1 N–H and O–H groups in total. The molecule has 1 heterocycles. The number of benzene rings is 1. The maximum absolute atomic E-state index is 9.13. The normalized spacial score (nSPS) is 10.5. The molecule has 0 amide bonds. The maximum Gasteiger partial charge on any atom is 0.220 e. The molecule has 5 heteroatoms. The molecule has 0 aliphatic heterocycles. The molecule has 0 saturated heterocycles. The smallest absolute Gasteiger partial charge is 0.220 e. The van der Waals surface area contributed by atoms with Crippen LogP contribution in [0.25, 0.3) is 5.69 Å². The van der Waals surface area contributed by atoms with Crippen molar-refractivity contribution in [1.82, 2.24) is 9.78 Å². The zero-order valence-electron chi connectivity index (χ0n) is 11.4. The van der Waals surface area contributed by atoms with Crippen molar-refractivity contribution in [3.63, 3.8) is 0 Å². The summed E-state index contributed by atoms with van der Waals surface area (Å²) in [5.74, 6) is 1.36. The summed E-state index contributed by atoms with van der Waals surface area (Å²) in [4.78, 5) is 0. The number of aliphatic hydroxyl groups excluding tert-OH is 1. The summed E-state index contributed by atoms with van der Waals surface area (Å²) in [5.41, 5.74) is 2.57. The van der Waals surface area contributed by atoms with E-state index in [1.54, 1.807) is 18.9 Å². The number of hydrogen-bond donors (Lipinski definition) is 1. The first-order valence-corrected chi connectivity index (χ1v) is 6.09. The highest BCUT2D eigenvalue weighted by Crippen LogP contribution is 2.30. The third-order valence-electron chi connectivity index (χ3n) is 3.01. The summed E-state index contributed by atoms with van der Waals surface area (Å²) in [6.07, 6.45) is 0.518. The van der Waals surface area contributed by atoms with Gasteiger partial charge >= 0.3 is 0 Å². The fraction of sp³-hybridized carbons (Fsp3) is 0.357. The Morgan fingerprint density at radius 3 is 2.58 bits per heavy atom. The van der Waals surface area contributed by atoms with Gasteiger partial charge in [-0.05, 0) is 19.1 Å². The molecule has 5 nitrogen and oxygen atoms in total. The average Bonchev–Trinajstić information content (AvgIpc) is 2.75. The Bertz CT molecular complexity index is 564. The van der Waals surface area contributed by atoms with Gasteiger partial charge in [0.15, 0.2) is 0 Å². The zero-order valence-corrected chi connectivity index (χ0v) is 11.4. The number of nitrogens with zero attached hydrogens (tertiary/aromatic N) is 2. The van der Waals surface area contributed by atoms with Gasteiger partial charge < -0.3 is 14.6 Å². The number of hydrogen-bond acceptors (Lipinski definition) is 4. The lowest BCUT2D eigenvalue weighted by Crippen LogP contribution is -2.03. The van der Waals surface area contributed by atoms with Gasteiger partial charge in [0.05, 0.1) is 19.9 Å². The predicted molar refractivity (Wildman–Crippen MR) is 72.2 cm³/mol. The molecule has 0 spiro atoms. The Labute approximate surface area is 112 Å². The largest absolute Gasteiger partial charge is 0.494 e. The van der Waals surface area contributed by atoms with Gasteiger partial charge in [0.2, 0.25) is 5.88 Å². The molecule has 0 atom stereocenters. The van der Waals surface area contributed by atoms with Crippen molar-refractivity contribution >= 4 is 0 Å². The second-order valence-corrected chi connectivity index (χ2v) is 4.13. The van der Waals surface area contributed by atoms with Gasteiger partial charge in [0.1, 0.15) is 11.4 Å². The van der Waals surface area contributed by atoms with E-state index in [0.717, 1.165) is 22.7 Å². The third kappa shape index (κ3) is 2.42. The Morgan fingerprint density at radius 2 is 1.95 bits per heavy atom. The summed E-state index contributed by atoms with van der Waals surface area (Å²) in [6.45, 7) is 1.97. The van der Waals surface area contributed by atoms with E-state index in [1.165, 1.54) is 0 Å². The number of aromatic nitrogens is 2. The first kappa shape index (κ1) is 13.4. The molecular formula is C14H18N2O3. The molecule has 19 heavy (non-hydrogen) atoms. The van der Waals surface area contributed by atoms with Crippen LogP contribution in [0, 0.1) is 6.92 Å². The van der Waals surface area contributed by atoms with Gasteiger partial charge in [-0.3, -0.25) is 0 Å². The van der Waals surface area contributed by atoms with E-state index in [1.807, 2.05) is 31.2 Å². The molecule has 0 radical (unpaired) electrons. The number of aliphatic hydroxyl groups is 1. The molecule has 0 aliphatic carbocycles. The monoisotopic (exact) mass is 262 g/mol. The number of aryl methyl sites for hydroxylation is 1. The molecule has 1 aromatic carbocycles. The second kappa shape index (κ2) is 5.75. The molecule has 2 aromatic rings. The lowest BCUT2D eigenvalue weighted by atomic mass is 10.2. The van der Waals surface area contributed by atoms with E-state index in [-0.39, 0.29) is 6.61 Å². The SMILES string of the molecule is COc1ccccc1-n1nc(C)c(CCO)c1OC. The van der Waals surface area contributed by atoms with Crippen LogP contribution in [-0.2, 0) is 6.42 Å². The van der Waals surface area contributed by atoms with Crippen LogP contribution in [0.1, 0.15) is 11.3 Å². The maximum atomic E-state index is 9.13. The van der Waals surface area contributed by atoms with Gasteiger partial charge in [-0.15, -0.1) is 0 Å². The molecular weight excluding hydrogens is 244 g/mol. The van der Waals surface area contributed by atoms with Crippen LogP contribution in [0.2, 0.25) is 0 Å². The van der Waals surface area contributed by atoms with Gasteiger partial charge in [-0.2, -0.15) is 9.78 Å². The standard InChI is InChI=1S/C14H18N2O3/c1-10-11(8-9-17)14(19-3)16(15-10)12-6-4-5-7-13(12)18-2/h4-7,17H,8-9H2,1-3H3. The van der Waals surface area contributed by atoms with Crippen molar-refractivity contribution in [3.05, 3.63) is 35.5 Å². The highest BCUT2D eigenvalue weighted by Gasteiger charge is 2.18. The lowest BCUT2D eigenvalue weighted by molar-refractivity contribution is 0.295. The minimum atomic E-state index is 0.0643. The molecule has 102 valence electrons. The van der Waals surface area contributed by atoms with Crippen molar-refractivity contribution in [2.45, 2.75) is 13.3 Å². The minimum absolute atomic E-state index is 0.0643. The molecule has 0 aliphatic rings. The zero-order chi connectivity index (χ0) is 13.8. The van der Waals surface area contributed by atoms with E-state index in [9.17, 15) is 0 Å². The van der Waals surface area contributed by atoms with E-state index in [4.69, 9.17) is 14.6 Å². The highest BCUT2D eigenvalue weighted by atomic mass is 16.5. The summed E-state index contributed by atoms with van der Waals surface area (Å²) in [5, 5.41) is 13.6. The van der Waals surface area contributed by atoms with E-state index >= 15 is 0 Å². The fourth-order valence-electron chi connectivity index (χ4n) is 2.12. The molecule has 2 rings (SSSR count). The van der Waals surface area contributed by atoms with Crippen LogP contribution in [0.3, 0.4) is 0 Å². The highest BCUT2D eigenvalue weighted by molar-refractivity contribution is 5.50. The number of methoxy groups -OCH3 is 2. The van der Waals surface area contributed by atoms with E-state index in [2.05, 4.69) is 5.10 Å². The first-order chi connectivity index (χ1) is 9.22. The van der Waals surface area contributed by atoms with Gasteiger partial charge in [0, 0.05) is 18.6 Å². The van der Waals surface area contributed by atoms with Crippen molar-refractivity contribution in [1.29, 1.82) is 0 Å². The van der Waals surface area contributed by atoms with Gasteiger partial charge in [0.25, 0.3) is 0 Å². The predicted octanol–water partition coefficient (Wildman–Crippen LogP) is 1.73. The van der Waals surface area contributed by atoms with E-state index < -0.39 is 0 Å². The van der Waals surface area contributed by atoms with Crippen LogP contribution < -0.4 is 9.47 Å². The Kier molecular flexibility index (Phi) is 4.06. The Balaban J connectivity index is 2.59. The third-order valence-corrected chi connectivity index (χ3v) is 3.01. The topological polar surface area (TPSA) is 56.5 Å². The first-order valence-electron chi connectivity index (χ1n) is 6.09. The molecule has 0 unspecified atom stereocenters. The molecule has 0 saturated carbocycles. The minimum Gasteiger partial charge on any atom is -0.494 e. The van der Waals surface area contributed by atoms with Gasteiger partial charge in [-0.1, -0.05) is 12.1 Å². The van der Waals surface area contributed by atoms with Crippen molar-refractivity contribution < 1.29 is 14.6 Å². The van der Waals surface area contributed by atoms with Gasteiger partial charge in [-0.25, -0.2) is 0 Å². The summed E-state index contributed by atoms with van der Waals surface area (Å²) >= 11 is 0. The van der Waals surface area contributed by atoms with Crippen LogP contribution >= 0.6 is 0 Å². The number of ether oxygens (including phenoxy) is 2. The van der Waals surface area contributed by atoms with Crippen LogP contribution in [0.4, 0.5) is 0 Å². The second-order valence-electron chi connectivity index (χ2n) is 4.13. The van der Waals surface area contributed by atoms with Crippen LogP contribution in [-0.4, -0.2) is 35.7 Å². The summed E-state index contributed by atoms with van der Waals surface area (Å²) < 4.78 is 12.5. The van der Waals surface area contributed by atoms with Crippen molar-refractivity contribution in [2.24, 2.45) is 0 Å². The van der Waals surface area contributed by atoms with Crippen LogP contribution in [0.15, 0.2) is 24.3 Å². The van der Waals surface area contributed by atoms with E-state index in [0.29, 0.717) is 12.3 Å². The molecule has 0 fully saturated rings. The number of rotatable bonds is 5. The fourth-order valence-corrected chi connectivity index (χ4v) is 2.12. The average molecular weight is 262 g/mol. The number of para-hydroxylation sites is 2. The quantitative estimate of drug-likeness (QED) is 0.891. The van der Waals surface area contributed by atoms with Crippen LogP contribution in [0.5, 0.6) is 11.6 Å².